The van der Waals surface area contributed by atoms with Gasteiger partial charge in [-0.25, -0.2) is 0 Å². The van der Waals surface area contributed by atoms with Gasteiger partial charge in [-0.1, -0.05) is 42.0 Å². The van der Waals surface area contributed by atoms with Crippen LogP contribution in [0.5, 0.6) is 0 Å². The molecular formula is C16H15Cl3Ti. The van der Waals surface area contributed by atoms with Crippen LogP contribution in [0.15, 0.2) is 52.6 Å². The number of halogens is 3. The molecule has 0 aliphatic heterocycles. The first kappa shape index (κ1) is 16.4. The first-order valence-electron chi connectivity index (χ1n) is 6.30. The van der Waals surface area contributed by atoms with E-state index in [1.54, 1.807) is 0 Å². The predicted molar refractivity (Wildman–Crippen MR) is 86.5 cm³/mol. The number of allylic oxidation sites excluding steroid dienone is 5. The fourth-order valence-corrected chi connectivity index (χ4v) is 2.66. The van der Waals surface area contributed by atoms with Gasteiger partial charge in [0.15, 0.2) is 0 Å². The average Bonchev–Trinajstić information content (AvgIpc) is 2.63. The van der Waals surface area contributed by atoms with E-state index in [0.717, 1.165) is 0 Å². The summed E-state index contributed by atoms with van der Waals surface area (Å²) in [4.78, 5) is 0. The van der Waals surface area contributed by atoms with Crippen LogP contribution < -0.4 is 0 Å². The van der Waals surface area contributed by atoms with E-state index in [4.69, 9.17) is 27.9 Å². The number of hydrogen-bond acceptors (Lipinski definition) is 0. The van der Waals surface area contributed by atoms with Gasteiger partial charge in [0.1, 0.15) is 0 Å². The maximum absolute atomic E-state index is 4.97. The van der Waals surface area contributed by atoms with Crippen LogP contribution in [0.2, 0.25) is 0 Å². The molecule has 0 unspecified atom stereocenters. The molecule has 0 saturated heterocycles. The summed E-state index contributed by atoms with van der Waals surface area (Å²) < 4.78 is 0. The van der Waals surface area contributed by atoms with E-state index in [0.29, 0.717) is 0 Å². The van der Waals surface area contributed by atoms with E-state index < -0.39 is 14.7 Å². The van der Waals surface area contributed by atoms with Crippen LogP contribution in [-0.4, -0.2) is 0 Å². The van der Waals surface area contributed by atoms with Crippen molar-refractivity contribution in [1.29, 1.82) is 0 Å². The monoisotopic (exact) mass is 360 g/mol. The van der Waals surface area contributed by atoms with Crippen LogP contribution in [0, 0.1) is 5.92 Å². The summed E-state index contributed by atoms with van der Waals surface area (Å²) >= 11 is -1.92. The number of hydrogen-bond donors (Lipinski definition) is 0. The molecule has 4 heteroatoms. The zero-order valence-electron chi connectivity index (χ0n) is 11.6. The molecule has 0 N–H and O–H groups in total. The van der Waals surface area contributed by atoms with Crippen LogP contribution >= 0.6 is 27.9 Å². The molecule has 2 aliphatic carbocycles. The van der Waals surface area contributed by atoms with E-state index >= 15 is 0 Å². The van der Waals surface area contributed by atoms with Crippen molar-refractivity contribution in [1.82, 2.24) is 0 Å². The second kappa shape index (κ2) is 6.86. The quantitative estimate of drug-likeness (QED) is 0.471. The van der Waals surface area contributed by atoms with Gasteiger partial charge >= 0.3 is 42.6 Å². The van der Waals surface area contributed by atoms with Crippen molar-refractivity contribution in [3.05, 3.63) is 69.7 Å². The van der Waals surface area contributed by atoms with Crippen LogP contribution in [0.1, 0.15) is 31.9 Å². The molecule has 20 heavy (non-hydrogen) atoms. The molecule has 0 heterocycles. The van der Waals surface area contributed by atoms with Crippen molar-refractivity contribution in [3.8, 4) is 0 Å². The first-order chi connectivity index (χ1) is 9.43. The van der Waals surface area contributed by atoms with Crippen LogP contribution in [0.4, 0.5) is 0 Å². The van der Waals surface area contributed by atoms with Gasteiger partial charge in [0.25, 0.3) is 0 Å². The van der Waals surface area contributed by atoms with Crippen molar-refractivity contribution >= 4 is 34.0 Å². The molecule has 0 aromatic heterocycles. The Labute approximate surface area is 138 Å². The van der Waals surface area contributed by atoms with Gasteiger partial charge in [-0.15, -0.1) is 0 Å². The third-order valence-corrected chi connectivity index (χ3v) is 3.83. The Morgan fingerprint density at radius 3 is 2.05 bits per heavy atom. The fraction of sp³-hybridized carbons (Fsp3) is 0.188. The third-order valence-electron chi connectivity index (χ3n) is 3.83. The number of fused-ring (bicyclic) bond motifs is 3. The molecule has 0 fully saturated rings. The molecule has 0 amide bonds. The predicted octanol–water partition coefficient (Wildman–Crippen LogP) is 6.37. The topological polar surface area (TPSA) is 0 Å². The van der Waals surface area contributed by atoms with Gasteiger partial charge in [-0.2, -0.15) is 0 Å². The molecule has 1 aromatic carbocycles. The Morgan fingerprint density at radius 1 is 0.800 bits per heavy atom. The molecule has 1 aromatic rings. The molecule has 0 atom stereocenters. The van der Waals surface area contributed by atoms with Crippen molar-refractivity contribution in [2.45, 2.75) is 20.8 Å². The summed E-state index contributed by atoms with van der Waals surface area (Å²) in [6.07, 6.45) is 4.48. The normalized spacial score (nSPS) is 16.7. The molecule has 0 saturated carbocycles. The summed E-state index contributed by atoms with van der Waals surface area (Å²) in [7, 11) is 14.9. The molecule has 0 bridgehead atoms. The Kier molecular flexibility index (Phi) is 5.62. The summed E-state index contributed by atoms with van der Waals surface area (Å²) in [6.45, 7) is 6.68. The molecule has 0 nitrogen and oxygen atoms in total. The SMILES string of the molecule is CC1=C(C)C(C)=C2C=Cc3ccccc3[C]12.[Cl][Ti]([Cl])[Cl]. The van der Waals surface area contributed by atoms with E-state index in [-0.39, 0.29) is 0 Å². The van der Waals surface area contributed by atoms with Crippen molar-refractivity contribution < 1.29 is 14.7 Å². The minimum absolute atomic E-state index is 1.34. The summed E-state index contributed by atoms with van der Waals surface area (Å²) in [5.41, 5.74) is 8.43. The standard InChI is InChI=1S/C16H15.3ClH.Ti/c1-10-11(2)14-9-8-13-6-4-5-7-15(13)16(14)12(10)3;;;;/h4-9H,1-3H3;3*1H;/q;;;;+3/p-3. The Morgan fingerprint density at radius 2 is 1.40 bits per heavy atom. The van der Waals surface area contributed by atoms with Gasteiger partial charge in [-0.3, -0.25) is 0 Å². The summed E-state index contributed by atoms with van der Waals surface area (Å²) in [5.74, 6) is 1.44. The zero-order valence-corrected chi connectivity index (χ0v) is 15.4. The van der Waals surface area contributed by atoms with E-state index in [9.17, 15) is 0 Å². The van der Waals surface area contributed by atoms with Gasteiger partial charge in [0.2, 0.25) is 0 Å². The molecule has 1 radical (unpaired) electrons. The maximum atomic E-state index is 4.97. The Hall–Kier alpha value is 0.0243. The van der Waals surface area contributed by atoms with Gasteiger partial charge in [0, 0.05) is 0 Å². The van der Waals surface area contributed by atoms with E-state index in [2.05, 4.69) is 57.2 Å². The first-order valence-corrected chi connectivity index (χ1v) is 12.8. The molecule has 104 valence electrons. The second-order valence-corrected chi connectivity index (χ2v) is 12.5. The molecular weight excluding hydrogens is 346 g/mol. The second-order valence-electron chi connectivity index (χ2n) is 4.80. The Bertz CT molecular complexity index is 609. The minimum atomic E-state index is -1.92. The fourth-order valence-electron chi connectivity index (χ4n) is 2.66. The van der Waals surface area contributed by atoms with Gasteiger partial charge in [0.05, 0.1) is 5.92 Å². The van der Waals surface area contributed by atoms with Crippen LogP contribution in [-0.2, 0) is 14.7 Å². The van der Waals surface area contributed by atoms with Crippen molar-refractivity contribution in [2.75, 3.05) is 0 Å². The van der Waals surface area contributed by atoms with Crippen molar-refractivity contribution in [2.24, 2.45) is 0 Å². The summed E-state index contributed by atoms with van der Waals surface area (Å²) in [5, 5.41) is 0. The molecule has 0 spiro atoms. The van der Waals surface area contributed by atoms with Crippen LogP contribution in [0.3, 0.4) is 0 Å². The summed E-state index contributed by atoms with van der Waals surface area (Å²) in [6, 6.07) is 8.64. The average molecular weight is 362 g/mol. The van der Waals surface area contributed by atoms with Gasteiger partial charge < -0.3 is 0 Å². The molecule has 3 rings (SSSR count). The third kappa shape index (κ3) is 3.26. The number of rotatable bonds is 0. The van der Waals surface area contributed by atoms with Crippen LogP contribution in [0.25, 0.3) is 6.08 Å². The molecule has 2 aliphatic rings. The van der Waals surface area contributed by atoms with Gasteiger partial charge in [-0.05, 0) is 48.6 Å². The zero-order chi connectivity index (χ0) is 14.9. The van der Waals surface area contributed by atoms with E-state index in [1.807, 2.05) is 0 Å². The Balaban J connectivity index is 0.000000328. The van der Waals surface area contributed by atoms with E-state index in [1.165, 1.54) is 39.3 Å². The van der Waals surface area contributed by atoms with Crippen molar-refractivity contribution in [3.63, 3.8) is 0 Å². The number of benzene rings is 1.